The Morgan fingerprint density at radius 3 is 1.82 bits per heavy atom. The van der Waals surface area contributed by atoms with Crippen molar-refractivity contribution in [2.75, 3.05) is 14.2 Å². The highest BCUT2D eigenvalue weighted by molar-refractivity contribution is 5.51. The van der Waals surface area contributed by atoms with Gasteiger partial charge in [0.15, 0.2) is 11.5 Å². The van der Waals surface area contributed by atoms with Gasteiger partial charge in [0.2, 0.25) is 0 Å². The van der Waals surface area contributed by atoms with E-state index in [1.54, 1.807) is 14.2 Å². The van der Waals surface area contributed by atoms with Crippen LogP contribution in [0.25, 0.3) is 0 Å². The number of ether oxygens (including phenoxy) is 2. The van der Waals surface area contributed by atoms with Crippen LogP contribution in [0.4, 0.5) is 0 Å². The highest BCUT2D eigenvalue weighted by Crippen LogP contribution is 2.41. The van der Waals surface area contributed by atoms with E-state index in [1.165, 1.54) is 0 Å². The van der Waals surface area contributed by atoms with Gasteiger partial charge in [0.05, 0.1) is 32.3 Å². The number of hydrogen-bond acceptors (Lipinski definition) is 4. The van der Waals surface area contributed by atoms with Gasteiger partial charge in [0.1, 0.15) is 5.54 Å². The zero-order chi connectivity index (χ0) is 27.1. The average Bonchev–Trinajstić information content (AvgIpc) is 3.50. The highest BCUT2D eigenvalue weighted by atomic mass is 16.5. The lowest BCUT2D eigenvalue weighted by Gasteiger charge is -2.37. The largest absolute Gasteiger partial charge is 0.493 e. The average molecular weight is 519 g/mol. The van der Waals surface area contributed by atoms with E-state index in [2.05, 4.69) is 77.4 Å². The van der Waals surface area contributed by atoms with Crippen LogP contribution >= 0.6 is 0 Å². The molecule has 0 saturated carbocycles. The number of aryl methyl sites for hydroxylation is 1. The molecule has 0 radical (unpaired) electrons. The van der Waals surface area contributed by atoms with Crippen LogP contribution in [0, 0.1) is 0 Å². The first-order chi connectivity index (χ1) is 19.2. The summed E-state index contributed by atoms with van der Waals surface area (Å²) in [5, 5.41) is 11.2. The fraction of sp³-hybridized carbons (Fsp3) is 0.206. The van der Waals surface area contributed by atoms with Gasteiger partial charge in [-0.05, 0) is 47.6 Å². The summed E-state index contributed by atoms with van der Waals surface area (Å²) in [6, 6.07) is 37.3. The monoisotopic (exact) mass is 518 g/mol. The second-order valence-corrected chi connectivity index (χ2v) is 9.57. The van der Waals surface area contributed by atoms with Crippen molar-refractivity contribution in [2.24, 2.45) is 0 Å². The Morgan fingerprint density at radius 2 is 1.31 bits per heavy atom. The van der Waals surface area contributed by atoms with Crippen molar-refractivity contribution in [1.82, 2.24) is 9.55 Å². The Hall–Kier alpha value is -4.35. The van der Waals surface area contributed by atoms with Gasteiger partial charge in [0.25, 0.3) is 0 Å². The quantitative estimate of drug-likeness (QED) is 0.196. The van der Waals surface area contributed by atoms with Crippen LogP contribution in [-0.2, 0) is 12.0 Å². The molecular formula is C34H34N2O3. The Balaban J connectivity index is 1.47. The minimum absolute atomic E-state index is 0.576. The molecule has 5 rings (SSSR count). The number of benzene rings is 4. The first-order valence-corrected chi connectivity index (χ1v) is 13.3. The number of methoxy groups -OCH3 is 2. The Kier molecular flexibility index (Phi) is 8.09. The molecule has 0 spiro atoms. The summed E-state index contributed by atoms with van der Waals surface area (Å²) >= 11 is 0. The number of aliphatic hydroxyl groups is 1. The zero-order valence-corrected chi connectivity index (χ0v) is 22.4. The van der Waals surface area contributed by atoms with Crippen molar-refractivity contribution in [3.05, 3.63) is 150 Å². The number of imidazole rings is 1. The van der Waals surface area contributed by atoms with Crippen LogP contribution in [0.3, 0.4) is 0 Å². The normalized spacial score (nSPS) is 12.2. The van der Waals surface area contributed by atoms with E-state index < -0.39 is 11.6 Å². The van der Waals surface area contributed by atoms with E-state index in [-0.39, 0.29) is 0 Å². The molecule has 0 aliphatic heterocycles. The summed E-state index contributed by atoms with van der Waals surface area (Å²) in [4.78, 5) is 4.71. The highest BCUT2D eigenvalue weighted by Gasteiger charge is 2.38. The fourth-order valence-electron chi connectivity index (χ4n) is 5.46. The number of para-hydroxylation sites is 1. The van der Waals surface area contributed by atoms with Gasteiger partial charge in [-0.15, -0.1) is 0 Å². The second kappa shape index (κ2) is 12.0. The minimum atomic E-state index is -0.692. The van der Waals surface area contributed by atoms with E-state index in [9.17, 15) is 5.11 Å². The maximum absolute atomic E-state index is 11.2. The van der Waals surface area contributed by atoms with Crippen molar-refractivity contribution >= 4 is 0 Å². The van der Waals surface area contributed by atoms with Gasteiger partial charge < -0.3 is 19.1 Å². The first kappa shape index (κ1) is 26.3. The number of rotatable bonds is 11. The summed E-state index contributed by atoms with van der Waals surface area (Å²) in [6.45, 7) is 0. The van der Waals surface area contributed by atoms with Gasteiger partial charge in [-0.2, -0.15) is 0 Å². The molecule has 1 N–H and O–H groups in total. The van der Waals surface area contributed by atoms with Gasteiger partial charge in [-0.25, -0.2) is 4.98 Å². The molecule has 39 heavy (non-hydrogen) atoms. The van der Waals surface area contributed by atoms with Gasteiger partial charge in [0, 0.05) is 6.20 Å². The topological polar surface area (TPSA) is 56.5 Å². The van der Waals surface area contributed by atoms with Crippen molar-refractivity contribution in [2.45, 2.75) is 30.9 Å². The molecule has 1 heterocycles. The predicted octanol–water partition coefficient (Wildman–Crippen LogP) is 6.80. The maximum atomic E-state index is 11.2. The van der Waals surface area contributed by atoms with Gasteiger partial charge in [-0.3, -0.25) is 0 Å². The van der Waals surface area contributed by atoms with Crippen LogP contribution in [-0.4, -0.2) is 28.9 Å². The van der Waals surface area contributed by atoms with Gasteiger partial charge in [-0.1, -0.05) is 103 Å². The van der Waals surface area contributed by atoms with Crippen molar-refractivity contribution < 1.29 is 14.6 Å². The molecular weight excluding hydrogens is 484 g/mol. The van der Waals surface area contributed by atoms with Crippen molar-refractivity contribution in [3.8, 4) is 11.5 Å². The standard InChI is InChI=1S/C34H34N2O3/c1-38-32-23-13-15-26(33(32)39-2)14-12-22-31(37)30-24-36(25-35-30)34(27-16-6-3-7-17-27,28-18-8-4-9-19-28)29-20-10-5-11-21-29/h3-11,13,15-21,23-25,31,37H,12,14,22H2,1-2H3. The summed E-state index contributed by atoms with van der Waals surface area (Å²) < 4.78 is 13.1. The molecule has 0 aliphatic carbocycles. The van der Waals surface area contributed by atoms with E-state index >= 15 is 0 Å². The summed E-state index contributed by atoms with van der Waals surface area (Å²) in [5.74, 6) is 1.46. The van der Waals surface area contributed by atoms with Crippen molar-refractivity contribution in [1.29, 1.82) is 0 Å². The third-order valence-electron chi connectivity index (χ3n) is 7.31. The summed E-state index contributed by atoms with van der Waals surface area (Å²) in [7, 11) is 3.30. The van der Waals surface area contributed by atoms with E-state index in [0.29, 0.717) is 17.9 Å². The van der Waals surface area contributed by atoms with Crippen LogP contribution in [0.15, 0.2) is 122 Å². The lowest BCUT2D eigenvalue weighted by Crippen LogP contribution is -2.37. The molecule has 1 aromatic heterocycles. The lowest BCUT2D eigenvalue weighted by atomic mass is 9.77. The number of hydrogen-bond donors (Lipinski definition) is 1. The molecule has 198 valence electrons. The summed E-state index contributed by atoms with van der Waals surface area (Å²) in [5.41, 5.74) is 4.41. The second-order valence-electron chi connectivity index (χ2n) is 9.57. The van der Waals surface area contributed by atoms with Crippen LogP contribution in [0.1, 0.15) is 46.9 Å². The molecule has 0 aliphatic rings. The summed E-state index contributed by atoms with van der Waals surface area (Å²) in [6.07, 6.45) is 5.26. The van der Waals surface area contributed by atoms with Crippen LogP contribution in [0.2, 0.25) is 0 Å². The minimum Gasteiger partial charge on any atom is -0.493 e. The molecule has 1 unspecified atom stereocenters. The number of aromatic nitrogens is 2. The molecule has 5 aromatic rings. The molecule has 0 bridgehead atoms. The predicted molar refractivity (Wildman–Crippen MR) is 154 cm³/mol. The maximum Gasteiger partial charge on any atom is 0.163 e. The molecule has 1 atom stereocenters. The fourth-order valence-corrected chi connectivity index (χ4v) is 5.46. The number of nitrogens with zero attached hydrogens (tertiary/aromatic N) is 2. The van der Waals surface area contributed by atoms with Crippen LogP contribution < -0.4 is 9.47 Å². The van der Waals surface area contributed by atoms with E-state index in [0.717, 1.165) is 40.8 Å². The third-order valence-corrected chi connectivity index (χ3v) is 7.31. The third kappa shape index (κ3) is 5.18. The SMILES string of the molecule is COc1cccc(CCCC(O)c2cn(C(c3ccccc3)(c3ccccc3)c3ccccc3)cn2)c1OC. The Labute approximate surface area is 230 Å². The number of aliphatic hydroxyl groups excluding tert-OH is 1. The lowest BCUT2D eigenvalue weighted by molar-refractivity contribution is 0.160. The van der Waals surface area contributed by atoms with Crippen LogP contribution in [0.5, 0.6) is 11.5 Å². The van der Waals surface area contributed by atoms with E-state index in [1.807, 2.05) is 48.9 Å². The molecule has 5 heteroatoms. The van der Waals surface area contributed by atoms with Crippen molar-refractivity contribution in [3.63, 3.8) is 0 Å². The Bertz CT molecular complexity index is 1370. The zero-order valence-electron chi connectivity index (χ0n) is 22.4. The van der Waals surface area contributed by atoms with Gasteiger partial charge >= 0.3 is 0 Å². The molecule has 4 aromatic carbocycles. The van der Waals surface area contributed by atoms with E-state index in [4.69, 9.17) is 14.5 Å². The Morgan fingerprint density at radius 1 is 0.744 bits per heavy atom. The smallest absolute Gasteiger partial charge is 0.163 e. The molecule has 0 saturated heterocycles. The first-order valence-electron chi connectivity index (χ1n) is 13.3. The molecule has 0 fully saturated rings. The molecule has 5 nitrogen and oxygen atoms in total. The molecule has 0 amide bonds.